The van der Waals surface area contributed by atoms with Crippen LogP contribution in [0.3, 0.4) is 0 Å². The minimum absolute atomic E-state index is 0.624. The first-order valence-corrected chi connectivity index (χ1v) is 8.58. The highest BCUT2D eigenvalue weighted by atomic mass is 16.5. The van der Waals surface area contributed by atoms with Gasteiger partial charge in [0.2, 0.25) is 0 Å². The van der Waals surface area contributed by atoms with Gasteiger partial charge in [0.1, 0.15) is 5.75 Å². The van der Waals surface area contributed by atoms with Crippen molar-refractivity contribution in [1.29, 1.82) is 0 Å². The molecule has 0 atom stereocenters. The number of hydrogen-bond acceptors (Lipinski definition) is 2. The molecule has 128 valence electrons. The zero-order chi connectivity index (χ0) is 18.5. The van der Waals surface area contributed by atoms with Crippen LogP contribution >= 0.6 is 0 Å². The van der Waals surface area contributed by atoms with Crippen molar-refractivity contribution in [3.05, 3.63) is 102 Å². The highest BCUT2D eigenvalue weighted by Gasteiger charge is 2.09. The fourth-order valence-electron chi connectivity index (χ4n) is 2.73. The van der Waals surface area contributed by atoms with Crippen LogP contribution in [0, 0.1) is 23.7 Å². The summed E-state index contributed by atoms with van der Waals surface area (Å²) in [5.41, 5.74) is 1.84. The van der Waals surface area contributed by atoms with Crippen LogP contribution in [0.25, 0.3) is 10.8 Å². The summed E-state index contributed by atoms with van der Waals surface area (Å²) in [5.74, 6) is 14.6. The van der Waals surface area contributed by atoms with Crippen molar-refractivity contribution in [2.45, 2.75) is 0 Å². The second kappa shape index (κ2) is 7.56. The second-order valence-corrected chi connectivity index (χ2v) is 5.90. The fraction of sp³-hybridized carbons (Fsp3) is 0.0400. The molecule has 0 radical (unpaired) electrons. The van der Waals surface area contributed by atoms with Gasteiger partial charge in [0.15, 0.2) is 11.5 Å². The summed E-state index contributed by atoms with van der Waals surface area (Å²) in [5, 5.41) is 1.94. The molecule has 0 fully saturated rings. The van der Waals surface area contributed by atoms with Gasteiger partial charge in [0.05, 0.1) is 7.11 Å². The first kappa shape index (κ1) is 16.6. The van der Waals surface area contributed by atoms with E-state index >= 15 is 0 Å². The second-order valence-electron chi connectivity index (χ2n) is 5.90. The molecule has 4 aromatic rings. The van der Waals surface area contributed by atoms with Gasteiger partial charge in [0, 0.05) is 21.9 Å². The van der Waals surface area contributed by atoms with Crippen molar-refractivity contribution in [3.63, 3.8) is 0 Å². The third-order valence-corrected chi connectivity index (χ3v) is 4.12. The molecule has 27 heavy (non-hydrogen) atoms. The molecule has 0 aliphatic carbocycles. The van der Waals surface area contributed by atoms with Crippen LogP contribution in [-0.2, 0) is 0 Å². The lowest BCUT2D eigenvalue weighted by molar-refractivity contribution is 0.415. The highest BCUT2D eigenvalue weighted by molar-refractivity contribution is 5.91. The van der Waals surface area contributed by atoms with Crippen LogP contribution in [0.15, 0.2) is 83.3 Å². The number of hydrogen-bond donors (Lipinski definition) is 0. The molecule has 0 unspecified atom stereocenters. The van der Waals surface area contributed by atoms with E-state index in [-0.39, 0.29) is 0 Å². The third-order valence-electron chi connectivity index (χ3n) is 4.12. The average Bonchev–Trinajstić information content (AvgIpc) is 3.10. The van der Waals surface area contributed by atoms with Crippen molar-refractivity contribution in [2.75, 3.05) is 7.11 Å². The summed E-state index contributed by atoms with van der Waals surface area (Å²) in [6.07, 6.45) is 0. The number of fused-ring (bicyclic) bond motifs is 1. The molecular weight excluding hydrogens is 332 g/mol. The van der Waals surface area contributed by atoms with Gasteiger partial charge in [-0.3, -0.25) is 0 Å². The topological polar surface area (TPSA) is 22.4 Å². The van der Waals surface area contributed by atoms with Crippen LogP contribution in [0.2, 0.25) is 0 Å². The van der Waals surface area contributed by atoms with Crippen LogP contribution in [0.1, 0.15) is 22.6 Å². The molecule has 0 amide bonds. The van der Waals surface area contributed by atoms with Gasteiger partial charge in [0.25, 0.3) is 0 Å². The minimum atomic E-state index is 0.624. The first-order chi connectivity index (χ1) is 13.3. The Morgan fingerprint density at radius 2 is 1.11 bits per heavy atom. The van der Waals surface area contributed by atoms with Crippen molar-refractivity contribution >= 4 is 10.8 Å². The van der Waals surface area contributed by atoms with Gasteiger partial charge >= 0.3 is 0 Å². The summed E-state index contributed by atoms with van der Waals surface area (Å²) in [4.78, 5) is 0. The van der Waals surface area contributed by atoms with Gasteiger partial charge in [-0.2, -0.15) is 0 Å². The van der Waals surface area contributed by atoms with Crippen LogP contribution in [0.5, 0.6) is 5.75 Å². The van der Waals surface area contributed by atoms with Gasteiger partial charge < -0.3 is 9.15 Å². The molecule has 0 saturated carbocycles. The van der Waals surface area contributed by atoms with Crippen LogP contribution < -0.4 is 4.74 Å². The fourth-order valence-corrected chi connectivity index (χ4v) is 2.73. The molecule has 2 nitrogen and oxygen atoms in total. The third kappa shape index (κ3) is 3.71. The molecule has 4 rings (SSSR count). The van der Waals surface area contributed by atoms with E-state index in [0.29, 0.717) is 11.5 Å². The molecule has 2 heteroatoms. The normalized spacial score (nSPS) is 9.81. The zero-order valence-electron chi connectivity index (χ0n) is 14.8. The van der Waals surface area contributed by atoms with Gasteiger partial charge in [-0.05, 0) is 60.4 Å². The average molecular weight is 348 g/mol. The number of furan rings is 1. The van der Waals surface area contributed by atoms with E-state index in [1.165, 1.54) is 0 Å². The predicted octanol–water partition coefficient (Wildman–Crippen LogP) is 5.24. The van der Waals surface area contributed by atoms with Crippen molar-refractivity contribution in [2.24, 2.45) is 0 Å². The Balaban J connectivity index is 1.72. The van der Waals surface area contributed by atoms with E-state index in [4.69, 9.17) is 9.15 Å². The Labute approximate surface area is 158 Å². The molecule has 0 aliphatic rings. The molecule has 1 heterocycles. The first-order valence-electron chi connectivity index (χ1n) is 8.58. The van der Waals surface area contributed by atoms with E-state index in [2.05, 4.69) is 23.7 Å². The van der Waals surface area contributed by atoms with Crippen molar-refractivity contribution in [1.82, 2.24) is 0 Å². The molecule has 0 N–H and O–H groups in total. The number of rotatable bonds is 1. The Hall–Kier alpha value is -3.88. The molecule has 0 bridgehead atoms. The van der Waals surface area contributed by atoms with Crippen LogP contribution in [0.4, 0.5) is 0 Å². The maximum Gasteiger partial charge on any atom is 0.186 e. The predicted molar refractivity (Wildman–Crippen MR) is 108 cm³/mol. The molecule has 0 aliphatic heterocycles. The van der Waals surface area contributed by atoms with E-state index in [9.17, 15) is 0 Å². The lowest BCUT2D eigenvalue weighted by Crippen LogP contribution is -1.81. The monoisotopic (exact) mass is 348 g/mol. The number of benzene rings is 3. The molecule has 0 saturated heterocycles. The zero-order valence-corrected chi connectivity index (χ0v) is 14.8. The SMILES string of the molecule is COc1ccc(C#Cc2oc(C#Cc3ccccc3)c3ccccc23)cc1. The van der Waals surface area contributed by atoms with Crippen LogP contribution in [-0.4, -0.2) is 7.11 Å². The van der Waals surface area contributed by atoms with Gasteiger partial charge in [-0.25, -0.2) is 0 Å². The molecule has 1 aromatic heterocycles. The summed E-state index contributed by atoms with van der Waals surface area (Å²) in [6, 6.07) is 25.5. The molecule has 3 aromatic carbocycles. The quantitative estimate of drug-likeness (QED) is 0.439. The summed E-state index contributed by atoms with van der Waals surface area (Å²) in [6.45, 7) is 0. The highest BCUT2D eigenvalue weighted by Crippen LogP contribution is 2.25. The van der Waals surface area contributed by atoms with E-state index < -0.39 is 0 Å². The minimum Gasteiger partial charge on any atom is -0.497 e. The lowest BCUT2D eigenvalue weighted by Gasteiger charge is -1.97. The largest absolute Gasteiger partial charge is 0.497 e. The van der Waals surface area contributed by atoms with E-state index in [1.807, 2.05) is 78.9 Å². The summed E-state index contributed by atoms with van der Waals surface area (Å²) < 4.78 is 11.2. The van der Waals surface area contributed by atoms with Crippen molar-refractivity contribution in [3.8, 4) is 29.4 Å². The molecule has 0 spiro atoms. The van der Waals surface area contributed by atoms with E-state index in [1.54, 1.807) is 7.11 Å². The van der Waals surface area contributed by atoms with E-state index in [0.717, 1.165) is 27.6 Å². The standard InChI is InChI=1S/C25H16O2/c1-26-21-15-11-20(12-16-21)14-18-25-23-10-6-5-9-22(23)24(27-25)17-13-19-7-3-2-4-8-19/h2-12,15-16H,1H3. The maximum absolute atomic E-state index is 5.98. The Morgan fingerprint density at radius 3 is 1.67 bits per heavy atom. The Kier molecular flexibility index (Phi) is 4.64. The smallest absolute Gasteiger partial charge is 0.186 e. The Bertz CT molecular complexity index is 1190. The van der Waals surface area contributed by atoms with Gasteiger partial charge in [-0.15, -0.1) is 0 Å². The Morgan fingerprint density at radius 1 is 0.593 bits per heavy atom. The van der Waals surface area contributed by atoms with Gasteiger partial charge in [-0.1, -0.05) is 42.2 Å². The molecular formula is C25H16O2. The lowest BCUT2D eigenvalue weighted by atomic mass is 10.1. The summed E-state index contributed by atoms with van der Waals surface area (Å²) in [7, 11) is 1.65. The number of ether oxygens (including phenoxy) is 1. The summed E-state index contributed by atoms with van der Waals surface area (Å²) >= 11 is 0. The number of methoxy groups -OCH3 is 1. The van der Waals surface area contributed by atoms with Crippen molar-refractivity contribution < 1.29 is 9.15 Å². The maximum atomic E-state index is 5.98.